The van der Waals surface area contributed by atoms with E-state index >= 15 is 0 Å². The summed E-state index contributed by atoms with van der Waals surface area (Å²) in [4.78, 5) is 17.3. The molecule has 0 aliphatic carbocycles. The zero-order valence-electron chi connectivity index (χ0n) is 18.9. The highest BCUT2D eigenvalue weighted by Crippen LogP contribution is 2.23. The number of benzene rings is 3. The molecule has 1 N–H and O–H groups in total. The lowest BCUT2D eigenvalue weighted by atomic mass is 10.1. The minimum Gasteiger partial charge on any atom is -0.493 e. The van der Waals surface area contributed by atoms with Gasteiger partial charge in [-0.25, -0.2) is 4.98 Å². The van der Waals surface area contributed by atoms with Gasteiger partial charge >= 0.3 is 0 Å². The predicted octanol–water partition coefficient (Wildman–Crippen LogP) is 5.36. The minimum absolute atomic E-state index is 0.0954. The molecular weight excluding hydrogens is 398 g/mol. The summed E-state index contributed by atoms with van der Waals surface area (Å²) in [5.74, 6) is 1.72. The fourth-order valence-electron chi connectivity index (χ4n) is 3.90. The van der Waals surface area contributed by atoms with Crippen molar-refractivity contribution < 1.29 is 9.53 Å². The first-order valence-corrected chi connectivity index (χ1v) is 11.0. The number of nitrogens with one attached hydrogen (secondary N) is 1. The summed E-state index contributed by atoms with van der Waals surface area (Å²) in [6, 6.07) is 21.8. The summed E-state index contributed by atoms with van der Waals surface area (Å²) >= 11 is 0. The summed E-state index contributed by atoms with van der Waals surface area (Å²) < 4.78 is 8.26. The van der Waals surface area contributed by atoms with Gasteiger partial charge in [0.25, 0.3) is 5.91 Å². The van der Waals surface area contributed by atoms with E-state index in [1.165, 1.54) is 0 Å². The van der Waals surface area contributed by atoms with E-state index in [2.05, 4.69) is 41.9 Å². The number of aryl methyl sites for hydroxylation is 4. The van der Waals surface area contributed by atoms with E-state index in [0.717, 1.165) is 52.3 Å². The third-order valence-corrected chi connectivity index (χ3v) is 5.64. The predicted molar refractivity (Wildman–Crippen MR) is 128 cm³/mol. The molecule has 0 radical (unpaired) electrons. The van der Waals surface area contributed by atoms with Gasteiger partial charge in [0.1, 0.15) is 11.6 Å². The molecule has 0 unspecified atom stereocenters. The van der Waals surface area contributed by atoms with Gasteiger partial charge in [-0.3, -0.25) is 4.79 Å². The number of imidazole rings is 1. The summed E-state index contributed by atoms with van der Waals surface area (Å²) in [6.07, 6.45) is 0.840. The Morgan fingerprint density at radius 3 is 2.41 bits per heavy atom. The molecule has 0 saturated heterocycles. The van der Waals surface area contributed by atoms with Crippen LogP contribution in [0.15, 0.2) is 66.7 Å². The van der Waals surface area contributed by atoms with Gasteiger partial charge in [0, 0.05) is 12.1 Å². The second kappa shape index (κ2) is 9.69. The van der Waals surface area contributed by atoms with E-state index in [4.69, 9.17) is 9.72 Å². The van der Waals surface area contributed by atoms with Crippen LogP contribution in [0, 0.1) is 20.8 Å². The van der Waals surface area contributed by atoms with Crippen LogP contribution in [0.3, 0.4) is 0 Å². The largest absolute Gasteiger partial charge is 0.493 e. The van der Waals surface area contributed by atoms with Gasteiger partial charge < -0.3 is 14.6 Å². The molecule has 0 atom stereocenters. The number of amides is 1. The molecule has 32 heavy (non-hydrogen) atoms. The summed E-state index contributed by atoms with van der Waals surface area (Å²) in [5, 5.41) is 3.01. The molecule has 4 aromatic rings. The maximum absolute atomic E-state index is 12.6. The van der Waals surface area contributed by atoms with Crippen molar-refractivity contribution in [2.45, 2.75) is 40.3 Å². The Hall–Kier alpha value is -3.60. The molecule has 3 aromatic carbocycles. The lowest BCUT2D eigenvalue weighted by molar-refractivity contribution is 0.0949. The van der Waals surface area contributed by atoms with E-state index in [0.29, 0.717) is 18.7 Å². The van der Waals surface area contributed by atoms with Crippen LogP contribution < -0.4 is 10.1 Å². The van der Waals surface area contributed by atoms with Crippen LogP contribution in [-0.4, -0.2) is 22.1 Å². The van der Waals surface area contributed by atoms with Crippen molar-refractivity contribution in [3.63, 3.8) is 0 Å². The molecule has 5 heteroatoms. The highest BCUT2D eigenvalue weighted by Gasteiger charge is 2.13. The number of fused-ring (bicyclic) bond motifs is 1. The molecular formula is C27H29N3O2. The Morgan fingerprint density at radius 2 is 1.66 bits per heavy atom. The number of para-hydroxylation sites is 3. The molecule has 164 valence electrons. The first kappa shape index (κ1) is 21.6. The Morgan fingerprint density at radius 1 is 0.938 bits per heavy atom. The fourth-order valence-corrected chi connectivity index (χ4v) is 3.90. The molecule has 0 bridgehead atoms. The average molecular weight is 428 g/mol. The maximum atomic E-state index is 12.6. The van der Waals surface area contributed by atoms with Crippen molar-refractivity contribution in [1.29, 1.82) is 0 Å². The number of hydrogen-bond donors (Lipinski definition) is 1. The molecule has 1 amide bonds. The number of rotatable bonds is 8. The standard InChI is InChI=1S/C27H29N3O2/c1-19-12-14-22(15-13-19)27(31)28-18-25-29-23-10-4-5-11-24(23)30(25)16-7-17-32-26-20(2)8-6-9-21(26)3/h4-6,8-15H,7,16-18H2,1-3H3,(H,28,31). The van der Waals surface area contributed by atoms with Crippen LogP contribution in [0.25, 0.3) is 11.0 Å². The van der Waals surface area contributed by atoms with Gasteiger partial charge in [-0.1, -0.05) is 48.0 Å². The molecule has 0 spiro atoms. The molecule has 1 aromatic heterocycles. The van der Waals surface area contributed by atoms with Crippen molar-refractivity contribution in [3.8, 4) is 5.75 Å². The van der Waals surface area contributed by atoms with Crippen molar-refractivity contribution in [2.75, 3.05) is 6.61 Å². The van der Waals surface area contributed by atoms with E-state index in [-0.39, 0.29) is 5.91 Å². The normalized spacial score (nSPS) is 11.0. The Kier molecular flexibility index (Phi) is 6.55. The molecule has 4 rings (SSSR count). The zero-order chi connectivity index (χ0) is 22.5. The smallest absolute Gasteiger partial charge is 0.251 e. The molecule has 5 nitrogen and oxygen atoms in total. The first-order chi connectivity index (χ1) is 15.5. The van der Waals surface area contributed by atoms with Crippen LogP contribution in [-0.2, 0) is 13.1 Å². The van der Waals surface area contributed by atoms with Gasteiger partial charge in [-0.15, -0.1) is 0 Å². The summed E-state index contributed by atoms with van der Waals surface area (Å²) in [6.45, 7) is 7.91. The van der Waals surface area contributed by atoms with Crippen LogP contribution in [0.2, 0.25) is 0 Å². The average Bonchev–Trinajstić information content (AvgIpc) is 3.14. The summed E-state index contributed by atoms with van der Waals surface area (Å²) in [5.41, 5.74) is 6.09. The van der Waals surface area contributed by atoms with Gasteiger partial charge in [0.05, 0.1) is 24.2 Å². The van der Waals surface area contributed by atoms with Crippen molar-refractivity contribution in [2.24, 2.45) is 0 Å². The lowest BCUT2D eigenvalue weighted by Gasteiger charge is -2.13. The summed E-state index contributed by atoms with van der Waals surface area (Å²) in [7, 11) is 0. The molecule has 0 saturated carbocycles. The number of hydrogen-bond acceptors (Lipinski definition) is 3. The monoisotopic (exact) mass is 427 g/mol. The number of carbonyl (C=O) groups excluding carboxylic acids is 1. The number of carbonyl (C=O) groups is 1. The number of aromatic nitrogens is 2. The van der Waals surface area contributed by atoms with E-state index < -0.39 is 0 Å². The van der Waals surface area contributed by atoms with Gasteiger partial charge in [0.2, 0.25) is 0 Å². The molecule has 0 fully saturated rings. The molecule has 0 aliphatic heterocycles. The van der Waals surface area contributed by atoms with Gasteiger partial charge in [0.15, 0.2) is 0 Å². The quantitative estimate of drug-likeness (QED) is 0.385. The second-order valence-corrected chi connectivity index (χ2v) is 8.14. The van der Waals surface area contributed by atoms with E-state index in [1.807, 2.05) is 55.5 Å². The van der Waals surface area contributed by atoms with Gasteiger partial charge in [-0.2, -0.15) is 0 Å². The Balaban J connectivity index is 1.44. The van der Waals surface area contributed by atoms with Crippen LogP contribution in [0.4, 0.5) is 0 Å². The van der Waals surface area contributed by atoms with E-state index in [9.17, 15) is 4.79 Å². The van der Waals surface area contributed by atoms with Gasteiger partial charge in [-0.05, 0) is 62.6 Å². The fraction of sp³-hybridized carbons (Fsp3) is 0.259. The number of nitrogens with zero attached hydrogens (tertiary/aromatic N) is 2. The van der Waals surface area contributed by atoms with Crippen molar-refractivity contribution in [1.82, 2.24) is 14.9 Å². The maximum Gasteiger partial charge on any atom is 0.251 e. The van der Waals surface area contributed by atoms with Crippen molar-refractivity contribution >= 4 is 16.9 Å². The number of ether oxygens (including phenoxy) is 1. The van der Waals surface area contributed by atoms with E-state index in [1.54, 1.807) is 0 Å². The Labute approximate surface area is 189 Å². The SMILES string of the molecule is Cc1ccc(C(=O)NCc2nc3ccccc3n2CCCOc2c(C)cccc2C)cc1. The highest BCUT2D eigenvalue weighted by atomic mass is 16.5. The van der Waals surface area contributed by atoms with Crippen LogP contribution in [0.5, 0.6) is 5.75 Å². The van der Waals surface area contributed by atoms with Crippen LogP contribution >= 0.6 is 0 Å². The zero-order valence-corrected chi connectivity index (χ0v) is 18.9. The highest BCUT2D eigenvalue weighted by molar-refractivity contribution is 5.94. The molecule has 0 aliphatic rings. The Bertz CT molecular complexity index is 1210. The first-order valence-electron chi connectivity index (χ1n) is 11.0. The van der Waals surface area contributed by atoms with Crippen molar-refractivity contribution in [3.05, 3.63) is 94.8 Å². The minimum atomic E-state index is -0.0954. The molecule has 1 heterocycles. The second-order valence-electron chi connectivity index (χ2n) is 8.14. The third-order valence-electron chi connectivity index (χ3n) is 5.64. The third kappa shape index (κ3) is 4.83. The van der Waals surface area contributed by atoms with Crippen LogP contribution in [0.1, 0.15) is 39.3 Å². The lowest BCUT2D eigenvalue weighted by Crippen LogP contribution is -2.25. The topological polar surface area (TPSA) is 56.2 Å².